The highest BCUT2D eigenvalue weighted by molar-refractivity contribution is 6.02. The highest BCUT2D eigenvalue weighted by atomic mass is 16.8. The average molecular weight is 311 g/mol. The van der Waals surface area contributed by atoms with Gasteiger partial charge in [0.25, 0.3) is 5.56 Å². The zero-order valence-corrected chi connectivity index (χ0v) is 11.7. The van der Waals surface area contributed by atoms with Crippen molar-refractivity contribution in [1.82, 2.24) is 9.66 Å². The molecule has 23 heavy (non-hydrogen) atoms. The SMILES string of the molecule is O=c1[nH]c2ccccc2c(=O)n1NC=C1C=CC(=[N+]([O-])[O-])C=C1. The quantitative estimate of drug-likeness (QED) is 0.625. The third-order valence-electron chi connectivity index (χ3n) is 3.27. The summed E-state index contributed by atoms with van der Waals surface area (Å²) in [7, 11) is 0. The molecular formula is C15H11N4O4-. The van der Waals surface area contributed by atoms with Gasteiger partial charge in [0, 0.05) is 18.4 Å². The Hall–Kier alpha value is -3.55. The number of H-pyrrole nitrogens is 1. The first-order valence-electron chi connectivity index (χ1n) is 6.64. The second-order valence-electron chi connectivity index (χ2n) is 4.74. The van der Waals surface area contributed by atoms with E-state index < -0.39 is 16.2 Å². The zero-order chi connectivity index (χ0) is 16.4. The number of hydrogen-bond donors (Lipinski definition) is 2. The highest BCUT2D eigenvalue weighted by Crippen LogP contribution is 2.06. The number of benzene rings is 1. The number of rotatable bonds is 2. The lowest BCUT2D eigenvalue weighted by Crippen LogP contribution is -2.39. The Bertz CT molecular complexity index is 986. The molecule has 0 saturated carbocycles. The fraction of sp³-hybridized carbons (Fsp3) is 0. The van der Waals surface area contributed by atoms with E-state index in [1.807, 2.05) is 0 Å². The molecule has 8 nitrogen and oxygen atoms in total. The molecule has 0 unspecified atom stereocenters. The molecule has 0 atom stereocenters. The van der Waals surface area contributed by atoms with Gasteiger partial charge in [0.2, 0.25) is 5.71 Å². The fourth-order valence-electron chi connectivity index (χ4n) is 2.11. The van der Waals surface area contributed by atoms with Crippen LogP contribution in [0.3, 0.4) is 0 Å². The molecule has 8 heteroatoms. The van der Waals surface area contributed by atoms with Crippen LogP contribution in [-0.2, 0) is 0 Å². The molecule has 0 aliphatic heterocycles. The van der Waals surface area contributed by atoms with E-state index in [0.29, 0.717) is 16.5 Å². The molecule has 0 saturated heterocycles. The summed E-state index contributed by atoms with van der Waals surface area (Å²) >= 11 is 0. The van der Waals surface area contributed by atoms with Gasteiger partial charge in [-0.05, 0) is 29.9 Å². The van der Waals surface area contributed by atoms with Crippen molar-refractivity contribution in [2.24, 2.45) is 0 Å². The van der Waals surface area contributed by atoms with Crippen LogP contribution >= 0.6 is 0 Å². The summed E-state index contributed by atoms with van der Waals surface area (Å²) in [5.74, 6) is 0. The number of fused-ring (bicyclic) bond motifs is 1. The minimum Gasteiger partial charge on any atom is -0.612 e. The molecule has 3 rings (SSSR count). The standard InChI is InChI=1S/C15H11N4O4/c20-14-12-3-1-2-4-13(12)17-15(21)18(14)16-9-10-5-7-11(8-6-10)19(22)23/h1-9,16H,(H-,17,20,21,22,23)/q-1. The smallest absolute Gasteiger partial charge is 0.348 e. The van der Waals surface area contributed by atoms with E-state index in [1.54, 1.807) is 24.3 Å². The van der Waals surface area contributed by atoms with Crippen LogP contribution in [0.25, 0.3) is 10.9 Å². The number of para-hydroxylation sites is 1. The van der Waals surface area contributed by atoms with Gasteiger partial charge in [0.1, 0.15) is 0 Å². The molecule has 116 valence electrons. The summed E-state index contributed by atoms with van der Waals surface area (Å²) in [4.78, 5) is 26.3. The predicted octanol–water partition coefficient (Wildman–Crippen LogP) is 0.692. The summed E-state index contributed by atoms with van der Waals surface area (Å²) in [6.07, 6.45) is 7.09. The number of nitrogens with one attached hydrogen (secondary N) is 2. The van der Waals surface area contributed by atoms with E-state index >= 15 is 0 Å². The lowest BCUT2D eigenvalue weighted by atomic mass is 10.1. The summed E-state index contributed by atoms with van der Waals surface area (Å²) in [6.45, 7) is 0. The number of hydrogen-bond acceptors (Lipinski definition) is 5. The highest BCUT2D eigenvalue weighted by Gasteiger charge is 2.06. The summed E-state index contributed by atoms with van der Waals surface area (Å²) in [5.41, 5.74) is 2.51. The molecule has 1 aromatic heterocycles. The van der Waals surface area contributed by atoms with Gasteiger partial charge in [-0.25, -0.2) is 4.79 Å². The van der Waals surface area contributed by atoms with Gasteiger partial charge in [-0.2, -0.15) is 9.58 Å². The van der Waals surface area contributed by atoms with E-state index in [4.69, 9.17) is 0 Å². The Morgan fingerprint density at radius 1 is 1.09 bits per heavy atom. The minimum absolute atomic E-state index is 0.0390. The molecule has 2 aromatic rings. The largest absolute Gasteiger partial charge is 0.612 e. The number of aromatic amines is 1. The average Bonchev–Trinajstić information content (AvgIpc) is 2.55. The normalized spacial score (nSPS) is 13.4. The molecule has 1 aliphatic carbocycles. The number of allylic oxidation sites excluding steroid dienone is 5. The summed E-state index contributed by atoms with van der Waals surface area (Å²) < 4.78 is 0.837. The van der Waals surface area contributed by atoms with Crippen LogP contribution in [0.2, 0.25) is 0 Å². The van der Waals surface area contributed by atoms with Gasteiger partial charge in [-0.15, -0.1) is 0 Å². The lowest BCUT2D eigenvalue weighted by Gasteiger charge is -2.09. The first kappa shape index (κ1) is 14.4. The van der Waals surface area contributed by atoms with Crippen molar-refractivity contribution in [3.05, 3.63) is 91.6 Å². The Balaban J connectivity index is 1.95. The molecular weight excluding hydrogens is 300 g/mol. The molecule has 0 radical (unpaired) electrons. The van der Waals surface area contributed by atoms with E-state index in [2.05, 4.69) is 10.4 Å². The van der Waals surface area contributed by atoms with Gasteiger partial charge in [-0.1, -0.05) is 12.1 Å². The maximum Gasteiger partial charge on any atom is 0.348 e. The van der Waals surface area contributed by atoms with Gasteiger partial charge >= 0.3 is 5.69 Å². The Labute approximate surface area is 129 Å². The van der Waals surface area contributed by atoms with E-state index in [0.717, 1.165) is 4.68 Å². The van der Waals surface area contributed by atoms with Crippen LogP contribution in [0.1, 0.15) is 0 Å². The second kappa shape index (κ2) is 5.68. The van der Waals surface area contributed by atoms with Crippen LogP contribution in [0.4, 0.5) is 0 Å². The molecule has 0 bridgehead atoms. The van der Waals surface area contributed by atoms with E-state index in [9.17, 15) is 20.0 Å². The van der Waals surface area contributed by atoms with Crippen LogP contribution < -0.4 is 16.7 Å². The third kappa shape index (κ3) is 2.77. The van der Waals surface area contributed by atoms with Crippen LogP contribution in [-0.4, -0.2) is 20.3 Å². The van der Waals surface area contributed by atoms with Crippen molar-refractivity contribution in [3.8, 4) is 0 Å². The lowest BCUT2D eigenvalue weighted by molar-refractivity contribution is -0.377. The van der Waals surface area contributed by atoms with Crippen LogP contribution in [0.5, 0.6) is 0 Å². The molecule has 2 N–H and O–H groups in total. The Morgan fingerprint density at radius 2 is 1.78 bits per heavy atom. The maximum absolute atomic E-state index is 12.3. The monoisotopic (exact) mass is 311 g/mol. The fourth-order valence-corrected chi connectivity index (χ4v) is 2.11. The van der Waals surface area contributed by atoms with E-state index in [-0.39, 0.29) is 5.71 Å². The molecule has 1 aliphatic rings. The molecule has 1 aromatic carbocycles. The second-order valence-corrected chi connectivity index (χ2v) is 4.74. The van der Waals surface area contributed by atoms with Crippen LogP contribution in [0.15, 0.2) is 69.9 Å². The maximum atomic E-state index is 12.3. The number of aromatic nitrogens is 2. The Kier molecular flexibility index (Phi) is 3.55. The van der Waals surface area contributed by atoms with Crippen LogP contribution in [0, 0.1) is 10.4 Å². The van der Waals surface area contributed by atoms with Crippen molar-refractivity contribution < 1.29 is 4.90 Å². The van der Waals surface area contributed by atoms with Crippen molar-refractivity contribution in [2.75, 3.05) is 5.43 Å². The summed E-state index contributed by atoms with van der Waals surface area (Å²) in [6, 6.07) is 6.67. The van der Waals surface area contributed by atoms with Crippen molar-refractivity contribution in [2.45, 2.75) is 0 Å². The first-order valence-corrected chi connectivity index (χ1v) is 6.64. The molecule has 1 heterocycles. The van der Waals surface area contributed by atoms with Gasteiger partial charge in [-0.3, -0.25) is 10.2 Å². The number of nitrogens with zero attached hydrogens (tertiary/aromatic N) is 2. The Morgan fingerprint density at radius 3 is 2.48 bits per heavy atom. The van der Waals surface area contributed by atoms with E-state index in [1.165, 1.54) is 30.5 Å². The predicted molar refractivity (Wildman–Crippen MR) is 86.6 cm³/mol. The molecule has 0 amide bonds. The minimum atomic E-state index is -0.605. The zero-order valence-electron chi connectivity index (χ0n) is 11.7. The van der Waals surface area contributed by atoms with Gasteiger partial charge < -0.3 is 15.4 Å². The van der Waals surface area contributed by atoms with Crippen molar-refractivity contribution in [3.63, 3.8) is 0 Å². The summed E-state index contributed by atoms with van der Waals surface area (Å²) in [5, 5.41) is 21.6. The van der Waals surface area contributed by atoms with Gasteiger partial charge in [0.15, 0.2) is 0 Å². The molecule has 0 fully saturated rings. The first-order chi connectivity index (χ1) is 11.1. The molecule has 0 spiro atoms. The van der Waals surface area contributed by atoms with Crippen molar-refractivity contribution in [1.29, 1.82) is 0 Å². The topological polar surface area (TPSA) is 116 Å². The third-order valence-corrected chi connectivity index (χ3v) is 3.27. The van der Waals surface area contributed by atoms with Crippen molar-refractivity contribution >= 4 is 16.6 Å². The van der Waals surface area contributed by atoms with Gasteiger partial charge in [0.05, 0.1) is 10.9 Å².